The standard InChI is InChI=1S/C13H27NO/c1-12(2)7-11(15-6)8-13(3,9-12)10-14(4)5/h11H,7-10H2,1-6H3. The van der Waals surface area contributed by atoms with E-state index in [0.717, 1.165) is 6.54 Å². The van der Waals surface area contributed by atoms with Crippen LogP contribution in [0.3, 0.4) is 0 Å². The van der Waals surface area contributed by atoms with E-state index in [1.165, 1.54) is 19.3 Å². The molecule has 1 rings (SSSR count). The van der Waals surface area contributed by atoms with Crippen LogP contribution in [0.15, 0.2) is 0 Å². The molecule has 0 heterocycles. The van der Waals surface area contributed by atoms with Gasteiger partial charge in [0.25, 0.3) is 0 Å². The van der Waals surface area contributed by atoms with Gasteiger partial charge in [-0.15, -0.1) is 0 Å². The molecule has 0 radical (unpaired) electrons. The van der Waals surface area contributed by atoms with Crippen LogP contribution in [0.1, 0.15) is 40.0 Å². The van der Waals surface area contributed by atoms with Gasteiger partial charge < -0.3 is 9.64 Å². The van der Waals surface area contributed by atoms with Crippen LogP contribution in [0.25, 0.3) is 0 Å². The number of ether oxygens (including phenoxy) is 1. The molecule has 2 unspecified atom stereocenters. The molecule has 0 amide bonds. The molecule has 0 aromatic heterocycles. The lowest BCUT2D eigenvalue weighted by atomic mass is 9.63. The van der Waals surface area contributed by atoms with Crippen molar-refractivity contribution in [2.45, 2.75) is 46.1 Å². The fraction of sp³-hybridized carbons (Fsp3) is 1.00. The van der Waals surface area contributed by atoms with E-state index in [9.17, 15) is 0 Å². The summed E-state index contributed by atoms with van der Waals surface area (Å²) in [4.78, 5) is 2.30. The number of hydrogen-bond donors (Lipinski definition) is 0. The summed E-state index contributed by atoms with van der Waals surface area (Å²) in [5.41, 5.74) is 0.829. The van der Waals surface area contributed by atoms with Crippen LogP contribution < -0.4 is 0 Å². The Kier molecular flexibility index (Phi) is 3.83. The van der Waals surface area contributed by atoms with Gasteiger partial charge in [-0.3, -0.25) is 0 Å². The minimum absolute atomic E-state index is 0.409. The second kappa shape index (κ2) is 4.42. The number of nitrogens with zero attached hydrogens (tertiary/aromatic N) is 1. The second-order valence-corrected chi connectivity index (χ2v) is 6.66. The molecule has 1 saturated carbocycles. The third-order valence-electron chi connectivity index (χ3n) is 3.44. The average Bonchev–Trinajstić information content (AvgIpc) is 1.97. The van der Waals surface area contributed by atoms with E-state index < -0.39 is 0 Å². The molecule has 0 spiro atoms. The van der Waals surface area contributed by atoms with Crippen LogP contribution in [0.4, 0.5) is 0 Å². The summed E-state index contributed by atoms with van der Waals surface area (Å²) in [7, 11) is 6.17. The van der Waals surface area contributed by atoms with Gasteiger partial charge in [-0.25, -0.2) is 0 Å². The zero-order chi connectivity index (χ0) is 11.7. The van der Waals surface area contributed by atoms with E-state index in [4.69, 9.17) is 4.74 Å². The lowest BCUT2D eigenvalue weighted by Gasteiger charge is -2.47. The maximum absolute atomic E-state index is 5.59. The Hall–Kier alpha value is -0.0800. The van der Waals surface area contributed by atoms with Crippen molar-refractivity contribution in [2.75, 3.05) is 27.7 Å². The Bertz CT molecular complexity index is 213. The predicted octanol–water partition coefficient (Wildman–Crippen LogP) is 2.78. The van der Waals surface area contributed by atoms with E-state index in [-0.39, 0.29) is 0 Å². The normalized spacial score (nSPS) is 35.8. The van der Waals surface area contributed by atoms with Crippen molar-refractivity contribution >= 4 is 0 Å². The van der Waals surface area contributed by atoms with Crippen molar-refractivity contribution < 1.29 is 4.74 Å². The van der Waals surface area contributed by atoms with E-state index >= 15 is 0 Å². The summed E-state index contributed by atoms with van der Waals surface area (Å²) in [5.74, 6) is 0. The molecule has 0 aromatic carbocycles. The smallest absolute Gasteiger partial charge is 0.0582 e. The van der Waals surface area contributed by atoms with Crippen LogP contribution in [-0.2, 0) is 4.74 Å². The molecule has 0 saturated heterocycles. The maximum atomic E-state index is 5.59. The first-order valence-electron chi connectivity index (χ1n) is 5.94. The van der Waals surface area contributed by atoms with Gasteiger partial charge in [0, 0.05) is 13.7 Å². The molecule has 0 aromatic rings. The quantitative estimate of drug-likeness (QED) is 0.715. The number of hydrogen-bond acceptors (Lipinski definition) is 2. The predicted molar refractivity (Wildman–Crippen MR) is 65.1 cm³/mol. The first-order valence-corrected chi connectivity index (χ1v) is 5.94. The van der Waals surface area contributed by atoms with E-state index in [1.807, 2.05) is 7.11 Å². The maximum Gasteiger partial charge on any atom is 0.0582 e. The molecule has 15 heavy (non-hydrogen) atoms. The van der Waals surface area contributed by atoms with Gasteiger partial charge in [0.15, 0.2) is 0 Å². The molecule has 2 nitrogen and oxygen atoms in total. The van der Waals surface area contributed by atoms with Gasteiger partial charge in [-0.2, -0.15) is 0 Å². The van der Waals surface area contributed by atoms with E-state index in [0.29, 0.717) is 16.9 Å². The molecule has 2 heteroatoms. The van der Waals surface area contributed by atoms with Crippen molar-refractivity contribution in [2.24, 2.45) is 10.8 Å². The number of rotatable bonds is 3. The van der Waals surface area contributed by atoms with Crippen LogP contribution >= 0.6 is 0 Å². The fourth-order valence-electron chi connectivity index (χ4n) is 3.59. The largest absolute Gasteiger partial charge is 0.381 e. The number of methoxy groups -OCH3 is 1. The lowest BCUT2D eigenvalue weighted by molar-refractivity contribution is -0.0413. The van der Waals surface area contributed by atoms with Gasteiger partial charge in [0.1, 0.15) is 0 Å². The van der Waals surface area contributed by atoms with Crippen LogP contribution in [0.2, 0.25) is 0 Å². The highest BCUT2D eigenvalue weighted by molar-refractivity contribution is 4.93. The molecule has 2 atom stereocenters. The van der Waals surface area contributed by atoms with Crippen LogP contribution in [0.5, 0.6) is 0 Å². The van der Waals surface area contributed by atoms with Gasteiger partial charge in [0.2, 0.25) is 0 Å². The Morgan fingerprint density at radius 3 is 2.27 bits per heavy atom. The monoisotopic (exact) mass is 213 g/mol. The molecule has 1 fully saturated rings. The van der Waals surface area contributed by atoms with E-state index in [2.05, 4.69) is 39.8 Å². The molecule has 90 valence electrons. The van der Waals surface area contributed by atoms with Crippen molar-refractivity contribution in [3.8, 4) is 0 Å². The first-order chi connectivity index (χ1) is 6.76. The highest BCUT2D eigenvalue weighted by atomic mass is 16.5. The third-order valence-corrected chi connectivity index (χ3v) is 3.44. The van der Waals surface area contributed by atoms with Crippen LogP contribution in [-0.4, -0.2) is 38.8 Å². The fourth-order valence-corrected chi connectivity index (χ4v) is 3.59. The second-order valence-electron chi connectivity index (χ2n) is 6.66. The van der Waals surface area contributed by atoms with Gasteiger partial charge in [-0.05, 0) is 44.2 Å². The third kappa shape index (κ3) is 3.76. The highest BCUT2D eigenvalue weighted by Gasteiger charge is 2.41. The van der Waals surface area contributed by atoms with Gasteiger partial charge in [-0.1, -0.05) is 20.8 Å². The van der Waals surface area contributed by atoms with Crippen molar-refractivity contribution in [1.29, 1.82) is 0 Å². The van der Waals surface area contributed by atoms with Crippen molar-refractivity contribution in [3.63, 3.8) is 0 Å². The average molecular weight is 213 g/mol. The molecule has 0 aliphatic heterocycles. The van der Waals surface area contributed by atoms with Gasteiger partial charge in [0.05, 0.1) is 6.10 Å². The molecular formula is C13H27NO. The molecule has 0 N–H and O–H groups in total. The van der Waals surface area contributed by atoms with E-state index in [1.54, 1.807) is 0 Å². The van der Waals surface area contributed by atoms with Crippen molar-refractivity contribution in [3.05, 3.63) is 0 Å². The minimum atomic E-state index is 0.409. The summed E-state index contributed by atoms with van der Waals surface area (Å²) >= 11 is 0. The molecule has 1 aliphatic carbocycles. The lowest BCUT2D eigenvalue weighted by Crippen LogP contribution is -2.44. The zero-order valence-corrected chi connectivity index (χ0v) is 11.3. The summed E-state index contributed by atoms with van der Waals surface area (Å²) in [6.45, 7) is 8.30. The first kappa shape index (κ1) is 13.0. The Morgan fingerprint density at radius 2 is 1.80 bits per heavy atom. The van der Waals surface area contributed by atoms with Crippen molar-refractivity contribution in [1.82, 2.24) is 4.90 Å². The summed E-state index contributed by atoms with van der Waals surface area (Å²) in [5, 5.41) is 0. The summed E-state index contributed by atoms with van der Waals surface area (Å²) < 4.78 is 5.59. The Labute approximate surface area is 95.0 Å². The topological polar surface area (TPSA) is 12.5 Å². The summed E-state index contributed by atoms with van der Waals surface area (Å²) in [6, 6.07) is 0. The Balaban J connectivity index is 2.72. The van der Waals surface area contributed by atoms with Gasteiger partial charge >= 0.3 is 0 Å². The highest BCUT2D eigenvalue weighted by Crippen LogP contribution is 2.46. The molecule has 0 bridgehead atoms. The molecule has 1 aliphatic rings. The van der Waals surface area contributed by atoms with Crippen LogP contribution in [0, 0.1) is 10.8 Å². The Morgan fingerprint density at radius 1 is 1.20 bits per heavy atom. The minimum Gasteiger partial charge on any atom is -0.381 e. The summed E-state index contributed by atoms with van der Waals surface area (Å²) in [6.07, 6.45) is 4.15. The molecular weight excluding hydrogens is 186 g/mol. The zero-order valence-electron chi connectivity index (χ0n) is 11.3. The SMILES string of the molecule is COC1CC(C)(C)CC(C)(CN(C)C)C1.